The maximum absolute atomic E-state index is 12.0. The summed E-state index contributed by atoms with van der Waals surface area (Å²) in [6.45, 7) is 6.79. The first kappa shape index (κ1) is 13.5. The number of amides is 1. The van der Waals surface area contributed by atoms with Gasteiger partial charge in [0.15, 0.2) is 0 Å². The number of rotatable bonds is 6. The minimum atomic E-state index is -0.475. The minimum Gasteiger partial charge on any atom is -0.338 e. The van der Waals surface area contributed by atoms with Gasteiger partial charge in [-0.3, -0.25) is 4.79 Å². The SMILES string of the molecule is C=CCN(CC)C(=O)[C@H](N)Cc1ccccc1. The van der Waals surface area contributed by atoms with Crippen molar-refractivity contribution in [1.29, 1.82) is 0 Å². The lowest BCUT2D eigenvalue weighted by molar-refractivity contribution is -0.131. The van der Waals surface area contributed by atoms with Crippen LogP contribution >= 0.6 is 0 Å². The van der Waals surface area contributed by atoms with Crippen LogP contribution in [0.15, 0.2) is 43.0 Å². The Kier molecular flexibility index (Phi) is 5.43. The van der Waals surface area contributed by atoms with Crippen LogP contribution in [0, 0.1) is 0 Å². The molecule has 0 unspecified atom stereocenters. The topological polar surface area (TPSA) is 46.3 Å². The third-order valence-corrected chi connectivity index (χ3v) is 2.66. The summed E-state index contributed by atoms with van der Waals surface area (Å²) in [5.74, 6) is -0.0174. The molecule has 0 aliphatic rings. The molecule has 0 saturated heterocycles. The van der Waals surface area contributed by atoms with Crippen molar-refractivity contribution in [1.82, 2.24) is 4.90 Å². The standard InChI is InChI=1S/C14H20N2O/c1-3-10-16(4-2)14(17)13(15)11-12-8-6-5-7-9-12/h3,5-9,13H,1,4,10-11,15H2,2H3/t13-/m1/s1. The molecule has 1 aromatic rings. The lowest BCUT2D eigenvalue weighted by Crippen LogP contribution is -2.44. The molecule has 17 heavy (non-hydrogen) atoms. The van der Waals surface area contributed by atoms with Crippen molar-refractivity contribution < 1.29 is 4.79 Å². The zero-order valence-electron chi connectivity index (χ0n) is 10.3. The van der Waals surface area contributed by atoms with E-state index in [1.54, 1.807) is 11.0 Å². The largest absolute Gasteiger partial charge is 0.338 e. The quantitative estimate of drug-likeness (QED) is 0.757. The molecule has 0 aliphatic carbocycles. The molecule has 0 spiro atoms. The number of likely N-dealkylation sites (N-methyl/N-ethyl adjacent to an activating group) is 1. The van der Waals surface area contributed by atoms with Gasteiger partial charge < -0.3 is 10.6 Å². The average Bonchev–Trinajstić information content (AvgIpc) is 2.36. The number of hydrogen-bond donors (Lipinski definition) is 1. The Balaban J connectivity index is 2.60. The summed E-state index contributed by atoms with van der Waals surface area (Å²) in [7, 11) is 0. The van der Waals surface area contributed by atoms with Crippen LogP contribution in [0.25, 0.3) is 0 Å². The molecule has 0 heterocycles. The third-order valence-electron chi connectivity index (χ3n) is 2.66. The van der Waals surface area contributed by atoms with Crippen LogP contribution in [0.2, 0.25) is 0 Å². The highest BCUT2D eigenvalue weighted by atomic mass is 16.2. The van der Waals surface area contributed by atoms with Gasteiger partial charge in [0.05, 0.1) is 6.04 Å². The van der Waals surface area contributed by atoms with Crippen molar-refractivity contribution in [3.8, 4) is 0 Å². The Morgan fingerprint density at radius 3 is 2.65 bits per heavy atom. The normalized spacial score (nSPS) is 11.9. The molecular formula is C14H20N2O. The fraction of sp³-hybridized carbons (Fsp3) is 0.357. The Morgan fingerprint density at radius 1 is 1.47 bits per heavy atom. The summed E-state index contributed by atoms with van der Waals surface area (Å²) >= 11 is 0. The van der Waals surface area contributed by atoms with Crippen LogP contribution in [0.1, 0.15) is 12.5 Å². The van der Waals surface area contributed by atoms with Crippen molar-refractivity contribution in [2.75, 3.05) is 13.1 Å². The Morgan fingerprint density at radius 2 is 2.12 bits per heavy atom. The fourth-order valence-corrected chi connectivity index (χ4v) is 1.72. The van der Waals surface area contributed by atoms with Gasteiger partial charge in [-0.15, -0.1) is 6.58 Å². The predicted octanol–water partition coefficient (Wildman–Crippen LogP) is 1.59. The molecule has 0 aromatic heterocycles. The molecule has 0 aliphatic heterocycles. The first-order chi connectivity index (χ1) is 8.19. The van der Waals surface area contributed by atoms with E-state index in [9.17, 15) is 4.79 Å². The van der Waals surface area contributed by atoms with Crippen molar-refractivity contribution >= 4 is 5.91 Å². The van der Waals surface area contributed by atoms with E-state index < -0.39 is 6.04 Å². The van der Waals surface area contributed by atoms with Gasteiger partial charge in [-0.05, 0) is 18.9 Å². The second kappa shape index (κ2) is 6.86. The van der Waals surface area contributed by atoms with E-state index in [0.29, 0.717) is 19.5 Å². The molecule has 0 saturated carbocycles. The molecule has 1 amide bonds. The lowest BCUT2D eigenvalue weighted by atomic mass is 10.1. The number of carbonyl (C=O) groups is 1. The number of hydrogen-bond acceptors (Lipinski definition) is 2. The Hall–Kier alpha value is -1.61. The first-order valence-electron chi connectivity index (χ1n) is 5.88. The van der Waals surface area contributed by atoms with E-state index in [1.165, 1.54) is 0 Å². The van der Waals surface area contributed by atoms with Gasteiger partial charge in [0.1, 0.15) is 0 Å². The van der Waals surface area contributed by atoms with E-state index in [-0.39, 0.29) is 5.91 Å². The van der Waals surface area contributed by atoms with Gasteiger partial charge in [-0.1, -0.05) is 36.4 Å². The third kappa shape index (κ3) is 4.04. The zero-order valence-corrected chi connectivity index (χ0v) is 10.3. The van der Waals surface area contributed by atoms with Gasteiger partial charge in [0, 0.05) is 13.1 Å². The number of nitrogens with zero attached hydrogens (tertiary/aromatic N) is 1. The molecule has 1 atom stereocenters. The van der Waals surface area contributed by atoms with Gasteiger partial charge in [-0.25, -0.2) is 0 Å². The molecular weight excluding hydrogens is 212 g/mol. The van der Waals surface area contributed by atoms with E-state index in [4.69, 9.17) is 5.73 Å². The van der Waals surface area contributed by atoms with E-state index in [2.05, 4.69) is 6.58 Å². The number of nitrogens with two attached hydrogens (primary N) is 1. The Bertz CT molecular complexity index is 362. The van der Waals surface area contributed by atoms with Crippen LogP contribution in [-0.2, 0) is 11.2 Å². The van der Waals surface area contributed by atoms with Gasteiger partial charge >= 0.3 is 0 Å². The maximum atomic E-state index is 12.0. The minimum absolute atomic E-state index is 0.0174. The fourth-order valence-electron chi connectivity index (χ4n) is 1.72. The second-order valence-electron chi connectivity index (χ2n) is 3.96. The van der Waals surface area contributed by atoms with Gasteiger partial charge in [0.2, 0.25) is 5.91 Å². The molecule has 3 heteroatoms. The summed E-state index contributed by atoms with van der Waals surface area (Å²) in [5, 5.41) is 0. The molecule has 3 nitrogen and oxygen atoms in total. The van der Waals surface area contributed by atoms with Crippen LogP contribution in [0.5, 0.6) is 0 Å². The molecule has 0 bridgehead atoms. The zero-order chi connectivity index (χ0) is 12.7. The van der Waals surface area contributed by atoms with Crippen molar-refractivity contribution in [2.24, 2.45) is 5.73 Å². The van der Waals surface area contributed by atoms with E-state index in [0.717, 1.165) is 5.56 Å². The molecule has 92 valence electrons. The van der Waals surface area contributed by atoms with Crippen LogP contribution in [-0.4, -0.2) is 29.9 Å². The van der Waals surface area contributed by atoms with Crippen LogP contribution < -0.4 is 5.73 Å². The number of carbonyl (C=O) groups excluding carboxylic acids is 1. The van der Waals surface area contributed by atoms with Crippen LogP contribution in [0.4, 0.5) is 0 Å². The second-order valence-corrected chi connectivity index (χ2v) is 3.96. The summed E-state index contributed by atoms with van der Waals surface area (Å²) in [5.41, 5.74) is 7.02. The highest BCUT2D eigenvalue weighted by Gasteiger charge is 2.18. The van der Waals surface area contributed by atoms with E-state index >= 15 is 0 Å². The lowest BCUT2D eigenvalue weighted by Gasteiger charge is -2.23. The maximum Gasteiger partial charge on any atom is 0.240 e. The molecule has 0 fully saturated rings. The predicted molar refractivity (Wildman–Crippen MR) is 70.6 cm³/mol. The van der Waals surface area contributed by atoms with Crippen molar-refractivity contribution in [3.05, 3.63) is 48.6 Å². The first-order valence-corrected chi connectivity index (χ1v) is 5.88. The average molecular weight is 232 g/mol. The summed E-state index contributed by atoms with van der Waals surface area (Å²) in [4.78, 5) is 13.7. The Labute approximate surface area is 103 Å². The smallest absolute Gasteiger partial charge is 0.240 e. The monoisotopic (exact) mass is 232 g/mol. The molecule has 2 N–H and O–H groups in total. The van der Waals surface area contributed by atoms with Gasteiger partial charge in [0.25, 0.3) is 0 Å². The van der Waals surface area contributed by atoms with E-state index in [1.807, 2.05) is 37.3 Å². The van der Waals surface area contributed by atoms with Crippen molar-refractivity contribution in [2.45, 2.75) is 19.4 Å². The molecule has 0 radical (unpaired) electrons. The molecule has 1 aromatic carbocycles. The van der Waals surface area contributed by atoms with Crippen LogP contribution in [0.3, 0.4) is 0 Å². The number of benzene rings is 1. The van der Waals surface area contributed by atoms with Gasteiger partial charge in [-0.2, -0.15) is 0 Å². The highest BCUT2D eigenvalue weighted by Crippen LogP contribution is 2.04. The highest BCUT2D eigenvalue weighted by molar-refractivity contribution is 5.82. The van der Waals surface area contributed by atoms with Crippen molar-refractivity contribution in [3.63, 3.8) is 0 Å². The summed E-state index contributed by atoms with van der Waals surface area (Å²) in [6.07, 6.45) is 2.30. The summed E-state index contributed by atoms with van der Waals surface area (Å²) in [6, 6.07) is 9.35. The summed E-state index contributed by atoms with van der Waals surface area (Å²) < 4.78 is 0. The molecule has 1 rings (SSSR count).